The molecule has 0 amide bonds. The number of hydrogen-bond acceptors (Lipinski definition) is 2. The maximum absolute atomic E-state index is 12.3. The van der Waals surface area contributed by atoms with Crippen LogP contribution in [0.5, 0.6) is 0 Å². The van der Waals surface area contributed by atoms with Crippen LogP contribution in [-0.4, -0.2) is 11.6 Å². The van der Waals surface area contributed by atoms with Crippen molar-refractivity contribution in [2.75, 3.05) is 0 Å². The van der Waals surface area contributed by atoms with Crippen LogP contribution in [0.25, 0.3) is 0 Å². The third-order valence-electron chi connectivity index (χ3n) is 7.64. The van der Waals surface area contributed by atoms with Crippen molar-refractivity contribution in [3.8, 4) is 0 Å². The van der Waals surface area contributed by atoms with Crippen LogP contribution in [0.1, 0.15) is 58.8 Å². The van der Waals surface area contributed by atoms with Crippen LogP contribution in [0.4, 0.5) is 0 Å². The summed E-state index contributed by atoms with van der Waals surface area (Å²) >= 11 is 0. The molecule has 3 saturated carbocycles. The van der Waals surface area contributed by atoms with E-state index in [-0.39, 0.29) is 5.41 Å². The van der Waals surface area contributed by atoms with E-state index in [9.17, 15) is 9.59 Å². The highest BCUT2D eigenvalue weighted by atomic mass is 16.1. The summed E-state index contributed by atoms with van der Waals surface area (Å²) in [4.78, 5) is 24.1. The van der Waals surface area contributed by atoms with Crippen molar-refractivity contribution < 1.29 is 9.59 Å². The van der Waals surface area contributed by atoms with Crippen molar-refractivity contribution in [2.45, 2.75) is 58.8 Å². The van der Waals surface area contributed by atoms with E-state index in [0.717, 1.165) is 32.1 Å². The molecular weight excluding hydrogens is 260 g/mol. The lowest BCUT2D eigenvalue weighted by atomic mass is 9.47. The summed E-state index contributed by atoms with van der Waals surface area (Å²) in [5.41, 5.74) is 0.106. The maximum Gasteiger partial charge on any atom is 0.142 e. The Hall–Kier alpha value is -0.920. The third kappa shape index (κ3) is 1.71. The van der Waals surface area contributed by atoms with Gasteiger partial charge in [-0.05, 0) is 61.7 Å². The summed E-state index contributed by atoms with van der Waals surface area (Å²) in [7, 11) is 0. The second-order valence-electron chi connectivity index (χ2n) is 8.42. The summed E-state index contributed by atoms with van der Waals surface area (Å²) in [6, 6.07) is 0. The van der Waals surface area contributed by atoms with E-state index in [4.69, 9.17) is 0 Å². The van der Waals surface area contributed by atoms with Gasteiger partial charge < -0.3 is 0 Å². The quantitative estimate of drug-likeness (QED) is 0.632. The Balaban J connectivity index is 1.72. The minimum absolute atomic E-state index is 0.186. The van der Waals surface area contributed by atoms with E-state index in [1.165, 1.54) is 12.8 Å². The van der Waals surface area contributed by atoms with Gasteiger partial charge in [0.05, 0.1) is 0 Å². The minimum Gasteiger partial charge on any atom is -0.300 e. The molecule has 4 aliphatic carbocycles. The molecular formula is C19H26O2. The fourth-order valence-electron chi connectivity index (χ4n) is 6.21. The monoisotopic (exact) mass is 286 g/mol. The summed E-state index contributed by atoms with van der Waals surface area (Å²) in [5.74, 6) is 3.31. The van der Waals surface area contributed by atoms with Gasteiger partial charge in [-0.15, -0.1) is 0 Å². The first-order valence-corrected chi connectivity index (χ1v) is 8.69. The summed E-state index contributed by atoms with van der Waals surface area (Å²) < 4.78 is 0. The van der Waals surface area contributed by atoms with Crippen LogP contribution in [0.15, 0.2) is 12.2 Å². The number of fused-ring (bicyclic) bond motifs is 5. The van der Waals surface area contributed by atoms with Crippen LogP contribution in [0, 0.1) is 34.5 Å². The molecule has 0 bridgehead atoms. The number of carbonyl (C=O) groups excluding carboxylic acids is 2. The van der Waals surface area contributed by atoms with Crippen molar-refractivity contribution in [3.63, 3.8) is 0 Å². The van der Waals surface area contributed by atoms with Crippen molar-refractivity contribution >= 4 is 11.6 Å². The molecule has 0 heterocycles. The van der Waals surface area contributed by atoms with Gasteiger partial charge in [-0.1, -0.05) is 19.1 Å². The van der Waals surface area contributed by atoms with Crippen LogP contribution >= 0.6 is 0 Å². The van der Waals surface area contributed by atoms with Crippen LogP contribution in [-0.2, 0) is 9.59 Å². The van der Waals surface area contributed by atoms with Crippen LogP contribution in [0.3, 0.4) is 0 Å². The second-order valence-corrected chi connectivity index (χ2v) is 8.42. The first-order valence-electron chi connectivity index (χ1n) is 8.69. The normalized spacial score (nSPS) is 52.3. The van der Waals surface area contributed by atoms with E-state index < -0.39 is 0 Å². The molecule has 0 aromatic carbocycles. The molecule has 114 valence electrons. The number of hydrogen-bond donors (Lipinski definition) is 0. The Labute approximate surface area is 127 Å². The van der Waals surface area contributed by atoms with Crippen molar-refractivity contribution in [1.82, 2.24) is 0 Å². The number of Topliss-reactive ketones (excluding diaryl/α,β-unsaturated/α-hetero) is 2. The zero-order chi connectivity index (χ0) is 14.8. The van der Waals surface area contributed by atoms with Gasteiger partial charge >= 0.3 is 0 Å². The molecule has 6 atom stereocenters. The van der Waals surface area contributed by atoms with Gasteiger partial charge in [-0.3, -0.25) is 9.59 Å². The fourth-order valence-corrected chi connectivity index (χ4v) is 6.21. The topological polar surface area (TPSA) is 34.1 Å². The first-order chi connectivity index (χ1) is 9.95. The molecule has 0 saturated heterocycles. The molecule has 0 aliphatic heterocycles. The van der Waals surface area contributed by atoms with Gasteiger partial charge in [0.25, 0.3) is 0 Å². The zero-order valence-electron chi connectivity index (χ0n) is 13.2. The second kappa shape index (κ2) is 4.30. The number of allylic oxidation sites excluding steroid dienone is 2. The van der Waals surface area contributed by atoms with Crippen molar-refractivity contribution in [1.29, 1.82) is 0 Å². The molecule has 3 fully saturated rings. The largest absolute Gasteiger partial charge is 0.300 e. The Morgan fingerprint density at radius 3 is 2.71 bits per heavy atom. The molecule has 2 heteroatoms. The average molecular weight is 286 g/mol. The van der Waals surface area contributed by atoms with E-state index in [2.05, 4.69) is 26.0 Å². The summed E-state index contributed by atoms with van der Waals surface area (Å²) in [6.45, 7) is 4.59. The van der Waals surface area contributed by atoms with Crippen molar-refractivity contribution in [2.24, 2.45) is 34.5 Å². The van der Waals surface area contributed by atoms with Gasteiger partial charge in [0.1, 0.15) is 11.6 Å². The predicted octanol–water partition coefficient (Wildman–Crippen LogP) is 3.94. The Kier molecular flexibility index (Phi) is 2.81. The highest BCUT2D eigenvalue weighted by Gasteiger charge is 2.58. The van der Waals surface area contributed by atoms with Crippen LogP contribution < -0.4 is 0 Å². The van der Waals surface area contributed by atoms with Gasteiger partial charge in [-0.25, -0.2) is 0 Å². The zero-order valence-corrected chi connectivity index (χ0v) is 13.2. The Morgan fingerprint density at radius 2 is 1.90 bits per heavy atom. The van der Waals surface area contributed by atoms with E-state index >= 15 is 0 Å². The molecule has 4 rings (SSSR count). The molecule has 0 spiro atoms. The Morgan fingerprint density at radius 1 is 1.10 bits per heavy atom. The highest BCUT2D eigenvalue weighted by molar-refractivity contribution is 5.89. The molecule has 1 unspecified atom stereocenters. The standard InChI is InChI=1S/C19H26O2/c1-18-9-7-13(20)11-12(18)3-4-14-15-5-6-17(21)19(15,2)10-8-16(14)18/h8,10,12,14-16H,3-7,9,11H2,1-2H3/t12?,14-,15-,16+,18-,19-/m0/s1. The number of rotatable bonds is 0. The lowest BCUT2D eigenvalue weighted by Crippen LogP contribution is -2.51. The van der Waals surface area contributed by atoms with E-state index in [0.29, 0.717) is 40.7 Å². The van der Waals surface area contributed by atoms with Gasteiger partial charge in [0.15, 0.2) is 0 Å². The molecule has 0 aromatic heterocycles. The minimum atomic E-state index is -0.186. The number of carbonyl (C=O) groups is 2. The maximum atomic E-state index is 12.3. The van der Waals surface area contributed by atoms with Crippen LogP contribution in [0.2, 0.25) is 0 Å². The number of ketones is 2. The third-order valence-corrected chi connectivity index (χ3v) is 7.64. The van der Waals surface area contributed by atoms with Gasteiger partial charge in [0, 0.05) is 24.7 Å². The molecule has 4 aliphatic rings. The molecule has 0 N–H and O–H groups in total. The summed E-state index contributed by atoms with van der Waals surface area (Å²) in [6.07, 6.45) is 11.5. The lowest BCUT2D eigenvalue weighted by Gasteiger charge is -2.57. The highest BCUT2D eigenvalue weighted by Crippen LogP contribution is 2.62. The van der Waals surface area contributed by atoms with Crippen molar-refractivity contribution in [3.05, 3.63) is 12.2 Å². The first kappa shape index (κ1) is 13.7. The average Bonchev–Trinajstić information content (AvgIpc) is 2.76. The van der Waals surface area contributed by atoms with Gasteiger partial charge in [0.2, 0.25) is 0 Å². The molecule has 0 radical (unpaired) electrons. The van der Waals surface area contributed by atoms with E-state index in [1.807, 2.05) is 0 Å². The lowest BCUT2D eigenvalue weighted by molar-refractivity contribution is -0.132. The van der Waals surface area contributed by atoms with Gasteiger partial charge in [-0.2, -0.15) is 0 Å². The van der Waals surface area contributed by atoms with E-state index in [1.54, 1.807) is 0 Å². The SMILES string of the molecule is C[C@]12CCC(=O)CC1CC[C@@H]1[C@H]2C=C[C@]2(C)C(=O)CC[C@@H]12. The Bertz CT molecular complexity index is 534. The fraction of sp³-hybridized carbons (Fsp3) is 0.789. The summed E-state index contributed by atoms with van der Waals surface area (Å²) in [5, 5.41) is 0. The smallest absolute Gasteiger partial charge is 0.142 e. The molecule has 0 aromatic rings. The molecule has 21 heavy (non-hydrogen) atoms. The predicted molar refractivity (Wildman–Crippen MR) is 81.6 cm³/mol. The molecule has 2 nitrogen and oxygen atoms in total.